The van der Waals surface area contributed by atoms with Crippen LogP contribution in [0.15, 0.2) is 59.5 Å². The monoisotopic (exact) mass is 578 g/mol. The lowest BCUT2D eigenvalue weighted by Crippen LogP contribution is -2.20. The fourth-order valence-electron chi connectivity index (χ4n) is 4.85. The van der Waals surface area contributed by atoms with Crippen molar-refractivity contribution in [2.75, 3.05) is 17.2 Å². The Bertz CT molecular complexity index is 1310. The number of fused-ring (bicyclic) bond motifs is 1. The molecule has 4 rings (SSSR count). The predicted molar refractivity (Wildman–Crippen MR) is 164 cm³/mol. The highest BCUT2D eigenvalue weighted by Crippen LogP contribution is 2.41. The van der Waals surface area contributed by atoms with Crippen LogP contribution in [0.2, 0.25) is 0 Å². The number of amides is 2. The predicted octanol–water partition coefficient (Wildman–Crippen LogP) is 8.18. The second kappa shape index (κ2) is 15.1. The van der Waals surface area contributed by atoms with E-state index in [9.17, 15) is 14.4 Å². The quantitative estimate of drug-likeness (QED) is 0.177. The molecule has 0 fully saturated rings. The molecule has 8 heteroatoms. The molecule has 6 nitrogen and oxygen atoms in total. The minimum Gasteiger partial charge on any atom is -0.462 e. The van der Waals surface area contributed by atoms with E-state index in [1.165, 1.54) is 34.4 Å². The molecule has 0 radical (unpaired) electrons. The molecule has 212 valence electrons. The highest BCUT2D eigenvalue weighted by atomic mass is 32.2. The van der Waals surface area contributed by atoms with E-state index in [1.807, 2.05) is 54.6 Å². The van der Waals surface area contributed by atoms with Crippen LogP contribution in [0.25, 0.3) is 0 Å². The van der Waals surface area contributed by atoms with Gasteiger partial charge in [-0.1, -0.05) is 62.6 Å². The lowest BCUT2D eigenvalue weighted by atomic mass is 9.96. The van der Waals surface area contributed by atoms with Crippen molar-refractivity contribution in [3.63, 3.8) is 0 Å². The van der Waals surface area contributed by atoms with Crippen LogP contribution in [0, 0.1) is 0 Å². The van der Waals surface area contributed by atoms with Crippen LogP contribution in [0.4, 0.5) is 10.7 Å². The van der Waals surface area contributed by atoms with Gasteiger partial charge in [0.05, 0.1) is 12.2 Å². The number of carbonyl (C=O) groups excluding carboxylic acids is 3. The van der Waals surface area contributed by atoms with Crippen LogP contribution in [0.1, 0.15) is 90.4 Å². The minimum atomic E-state index is -0.563. The zero-order valence-corrected chi connectivity index (χ0v) is 24.9. The van der Waals surface area contributed by atoms with Crippen molar-refractivity contribution in [2.45, 2.75) is 81.8 Å². The van der Waals surface area contributed by atoms with Crippen LogP contribution in [-0.2, 0) is 27.2 Å². The summed E-state index contributed by atoms with van der Waals surface area (Å²) in [5.74, 6) is -0.583. The first-order chi connectivity index (χ1) is 19.5. The molecule has 40 heavy (non-hydrogen) atoms. The summed E-state index contributed by atoms with van der Waals surface area (Å²) in [4.78, 5) is 41.3. The molecule has 2 N–H and O–H groups in total. The van der Waals surface area contributed by atoms with Gasteiger partial charge in [-0.25, -0.2) is 4.79 Å². The van der Waals surface area contributed by atoms with E-state index in [2.05, 4.69) is 17.6 Å². The second-order valence-corrected chi connectivity index (χ2v) is 12.2. The van der Waals surface area contributed by atoms with Gasteiger partial charge < -0.3 is 15.4 Å². The van der Waals surface area contributed by atoms with Gasteiger partial charge in [0, 0.05) is 21.9 Å². The Morgan fingerprint density at radius 2 is 1.73 bits per heavy atom. The average Bonchev–Trinajstić information content (AvgIpc) is 3.26. The minimum absolute atomic E-state index is 0.0129. The number of nitrogens with one attached hydrogen (secondary N) is 2. The Balaban J connectivity index is 1.61. The van der Waals surface area contributed by atoms with E-state index in [-0.39, 0.29) is 24.4 Å². The van der Waals surface area contributed by atoms with Gasteiger partial charge >= 0.3 is 5.97 Å². The molecule has 0 aliphatic heterocycles. The van der Waals surface area contributed by atoms with E-state index in [0.717, 1.165) is 61.0 Å². The van der Waals surface area contributed by atoms with Crippen molar-refractivity contribution in [1.82, 2.24) is 0 Å². The number of carbonyl (C=O) groups is 3. The van der Waals surface area contributed by atoms with Gasteiger partial charge in [0.1, 0.15) is 10.3 Å². The van der Waals surface area contributed by atoms with E-state index in [4.69, 9.17) is 4.74 Å². The normalized spacial score (nSPS) is 13.8. The zero-order valence-electron chi connectivity index (χ0n) is 23.3. The number of anilines is 2. The molecule has 0 bridgehead atoms. The van der Waals surface area contributed by atoms with Gasteiger partial charge in [0.25, 0.3) is 0 Å². The highest BCUT2D eigenvalue weighted by Gasteiger charge is 2.29. The summed E-state index contributed by atoms with van der Waals surface area (Å²) in [7, 11) is 0. The molecule has 1 unspecified atom stereocenters. The van der Waals surface area contributed by atoms with Gasteiger partial charge in [-0.2, -0.15) is 0 Å². The second-order valence-electron chi connectivity index (χ2n) is 9.92. The first-order valence-electron chi connectivity index (χ1n) is 14.2. The molecule has 3 aromatic rings. The lowest BCUT2D eigenvalue weighted by molar-refractivity contribution is -0.116. The number of ether oxygens (including phenoxy) is 1. The van der Waals surface area contributed by atoms with Gasteiger partial charge in [-0.15, -0.1) is 23.1 Å². The number of unbranched alkanes of at least 4 members (excludes halogenated alkanes) is 1. The molecule has 2 amide bonds. The number of hydrogen-bond donors (Lipinski definition) is 2. The van der Waals surface area contributed by atoms with Gasteiger partial charge in [0.15, 0.2) is 0 Å². The van der Waals surface area contributed by atoms with Crippen LogP contribution < -0.4 is 10.6 Å². The molecular formula is C32H38N2O4S2. The first-order valence-corrected chi connectivity index (χ1v) is 15.9. The van der Waals surface area contributed by atoms with Crippen LogP contribution in [0.3, 0.4) is 0 Å². The van der Waals surface area contributed by atoms with Gasteiger partial charge in [0.2, 0.25) is 11.8 Å². The Morgan fingerprint density at radius 1 is 0.950 bits per heavy atom. The first kappa shape index (κ1) is 29.9. The summed E-state index contributed by atoms with van der Waals surface area (Å²) in [6.07, 6.45) is 8.45. The smallest absolute Gasteiger partial charge is 0.341 e. The Kier molecular flexibility index (Phi) is 11.2. The zero-order chi connectivity index (χ0) is 28.3. The molecular weight excluding hydrogens is 540 g/mol. The van der Waals surface area contributed by atoms with Crippen molar-refractivity contribution in [3.8, 4) is 0 Å². The fourth-order valence-corrected chi connectivity index (χ4v) is 7.21. The molecule has 0 spiro atoms. The third-order valence-corrected chi connectivity index (χ3v) is 9.31. The summed E-state index contributed by atoms with van der Waals surface area (Å²) in [5.41, 5.74) is 3.12. The number of hydrogen-bond acceptors (Lipinski definition) is 6. The van der Waals surface area contributed by atoms with Crippen molar-refractivity contribution < 1.29 is 19.1 Å². The molecule has 0 saturated carbocycles. The van der Waals surface area contributed by atoms with E-state index >= 15 is 0 Å². The summed E-state index contributed by atoms with van der Waals surface area (Å²) in [6.45, 7) is 4.14. The number of esters is 1. The SMILES string of the molecule is CCCCC(=O)Nc1cccc(SC(C(=O)Nc2sc3c(c2C(=O)OCC)CCCCCC3)c2ccccc2)c1. The van der Waals surface area contributed by atoms with Crippen LogP contribution in [-0.4, -0.2) is 24.4 Å². The van der Waals surface area contributed by atoms with Crippen molar-refractivity contribution in [1.29, 1.82) is 0 Å². The largest absolute Gasteiger partial charge is 0.462 e. The standard InChI is InChI=1S/C32H38N2O4S2/c1-3-5-20-27(35)33-23-16-13-17-24(21-23)39-29(22-14-9-8-10-15-22)30(36)34-31-28(32(37)38-4-2)25-18-11-6-7-12-19-26(25)40-31/h8-10,13-17,21,29H,3-7,11-12,18-20H2,1-2H3,(H,33,35)(H,34,36). The lowest BCUT2D eigenvalue weighted by Gasteiger charge is -2.18. The summed E-state index contributed by atoms with van der Waals surface area (Å²) in [5, 5.41) is 6.11. The maximum absolute atomic E-state index is 13.9. The Morgan fingerprint density at radius 3 is 2.48 bits per heavy atom. The van der Waals surface area contributed by atoms with Crippen LogP contribution in [0.5, 0.6) is 0 Å². The van der Waals surface area contributed by atoms with Gasteiger partial charge in [-0.3, -0.25) is 9.59 Å². The highest BCUT2D eigenvalue weighted by molar-refractivity contribution is 8.00. The Hall–Kier alpha value is -3.10. The molecule has 1 aliphatic rings. The molecule has 2 aromatic carbocycles. The third-order valence-electron chi connectivity index (χ3n) is 6.86. The number of benzene rings is 2. The third kappa shape index (κ3) is 7.98. The summed E-state index contributed by atoms with van der Waals surface area (Å²) < 4.78 is 5.43. The maximum atomic E-state index is 13.9. The average molecular weight is 579 g/mol. The Labute approximate surface area is 245 Å². The van der Waals surface area contributed by atoms with Crippen molar-refractivity contribution in [2.24, 2.45) is 0 Å². The molecule has 1 heterocycles. The number of thiophene rings is 1. The van der Waals surface area contributed by atoms with E-state index in [0.29, 0.717) is 22.7 Å². The molecule has 1 aromatic heterocycles. The summed E-state index contributed by atoms with van der Waals surface area (Å²) in [6, 6.07) is 17.2. The van der Waals surface area contributed by atoms with E-state index in [1.54, 1.807) is 6.92 Å². The van der Waals surface area contributed by atoms with Gasteiger partial charge in [-0.05, 0) is 68.4 Å². The summed E-state index contributed by atoms with van der Waals surface area (Å²) >= 11 is 2.93. The van der Waals surface area contributed by atoms with Crippen molar-refractivity contribution >= 4 is 51.6 Å². The number of thioether (sulfide) groups is 1. The fraction of sp³-hybridized carbons (Fsp3) is 0.406. The van der Waals surface area contributed by atoms with E-state index < -0.39 is 5.25 Å². The molecule has 1 atom stereocenters. The number of aryl methyl sites for hydroxylation is 1. The molecule has 0 saturated heterocycles. The maximum Gasteiger partial charge on any atom is 0.341 e. The van der Waals surface area contributed by atoms with Crippen molar-refractivity contribution in [3.05, 3.63) is 76.2 Å². The molecule has 1 aliphatic carbocycles. The van der Waals surface area contributed by atoms with Crippen LogP contribution >= 0.6 is 23.1 Å². The topological polar surface area (TPSA) is 84.5 Å². The number of rotatable bonds is 11.